The zero-order valence-electron chi connectivity index (χ0n) is 23.7. The van der Waals surface area contributed by atoms with Gasteiger partial charge in [0.2, 0.25) is 0 Å². The molecular formula is C27H41NO11. The molecule has 220 valence electrons. The van der Waals surface area contributed by atoms with Gasteiger partial charge in [0.25, 0.3) is 5.72 Å². The monoisotopic (exact) mass is 555 g/mol. The van der Waals surface area contributed by atoms with Crippen LogP contribution in [0.15, 0.2) is 18.2 Å². The Labute approximate surface area is 229 Å². The van der Waals surface area contributed by atoms with Gasteiger partial charge >= 0.3 is 24.4 Å². The second-order valence-corrected chi connectivity index (χ2v) is 9.36. The van der Waals surface area contributed by atoms with Crippen molar-refractivity contribution in [1.29, 1.82) is 0 Å². The fraction of sp³-hybridized carbons (Fsp3) is 0.630. The maximum Gasteiger partial charge on any atom is 0.513 e. The van der Waals surface area contributed by atoms with E-state index in [-0.39, 0.29) is 42.2 Å². The van der Waals surface area contributed by atoms with Crippen molar-refractivity contribution < 1.29 is 52.7 Å². The van der Waals surface area contributed by atoms with E-state index in [1.54, 1.807) is 20.8 Å². The summed E-state index contributed by atoms with van der Waals surface area (Å²) >= 11 is 0. The van der Waals surface area contributed by atoms with Crippen LogP contribution in [0.3, 0.4) is 0 Å². The first-order valence-corrected chi connectivity index (χ1v) is 13.1. The molecule has 0 radical (unpaired) electrons. The normalized spacial score (nSPS) is 13.9. The van der Waals surface area contributed by atoms with Gasteiger partial charge in [0.05, 0.1) is 13.2 Å². The molecule has 2 N–H and O–H groups in total. The first-order chi connectivity index (χ1) is 18.4. The second kappa shape index (κ2) is 16.4. The SMILES string of the molecule is CCCOC(=O)Oc1ccc(C[C@](NC(C)CC)(OC(=O)OC(C)C(C)C)C(=O)O)cc1OC(=O)OCCC. The van der Waals surface area contributed by atoms with Gasteiger partial charge in [-0.15, -0.1) is 0 Å². The molecule has 0 aliphatic rings. The van der Waals surface area contributed by atoms with Gasteiger partial charge in [-0.2, -0.15) is 0 Å². The van der Waals surface area contributed by atoms with Gasteiger partial charge in [0.15, 0.2) is 11.5 Å². The third-order valence-corrected chi connectivity index (χ3v) is 5.61. The van der Waals surface area contributed by atoms with Crippen LogP contribution in [0.4, 0.5) is 14.4 Å². The average molecular weight is 556 g/mol. The Morgan fingerprint density at radius 3 is 1.92 bits per heavy atom. The van der Waals surface area contributed by atoms with E-state index in [9.17, 15) is 24.3 Å². The average Bonchev–Trinajstić information content (AvgIpc) is 2.87. The standard InChI is InChI=1S/C27H41NO11/c1-8-13-34-24(31)37-21-12-11-20(15-22(21)38-25(32)35-14-9-2)16-27(23(29)30,28-18(6)10-3)39-26(33)36-19(7)17(4)5/h11-12,15,17-19,28H,8-10,13-14,16H2,1-7H3,(H,29,30)/t18?,19?,27-/m0/s1. The maximum absolute atomic E-state index is 12.6. The summed E-state index contributed by atoms with van der Waals surface area (Å²) in [6.45, 7) is 12.8. The largest absolute Gasteiger partial charge is 0.513 e. The smallest absolute Gasteiger partial charge is 0.477 e. The lowest BCUT2D eigenvalue weighted by Crippen LogP contribution is -2.59. The molecule has 0 aliphatic heterocycles. The maximum atomic E-state index is 12.6. The fourth-order valence-electron chi connectivity index (χ4n) is 2.98. The number of hydrogen-bond acceptors (Lipinski definition) is 11. The molecule has 0 heterocycles. The molecule has 0 saturated heterocycles. The molecule has 0 spiro atoms. The van der Waals surface area contributed by atoms with Crippen LogP contribution in [-0.2, 0) is 30.2 Å². The summed E-state index contributed by atoms with van der Waals surface area (Å²) in [6, 6.07) is 3.66. The van der Waals surface area contributed by atoms with E-state index in [1.165, 1.54) is 18.2 Å². The summed E-state index contributed by atoms with van der Waals surface area (Å²) in [6.07, 6.45) is -2.49. The number of rotatable bonds is 15. The number of aliphatic carboxylic acids is 1. The number of benzene rings is 1. The number of hydrogen-bond donors (Lipinski definition) is 2. The van der Waals surface area contributed by atoms with Crippen LogP contribution < -0.4 is 14.8 Å². The van der Waals surface area contributed by atoms with Crippen molar-refractivity contribution in [2.45, 2.75) is 92.0 Å². The van der Waals surface area contributed by atoms with Crippen molar-refractivity contribution in [3.05, 3.63) is 23.8 Å². The molecule has 1 aromatic carbocycles. The van der Waals surface area contributed by atoms with Gasteiger partial charge in [-0.05, 0) is 56.7 Å². The summed E-state index contributed by atoms with van der Waals surface area (Å²) in [7, 11) is 0. The summed E-state index contributed by atoms with van der Waals surface area (Å²) in [4.78, 5) is 49.3. The number of carbonyl (C=O) groups is 4. The zero-order valence-corrected chi connectivity index (χ0v) is 23.7. The molecule has 0 amide bonds. The molecule has 12 nitrogen and oxygen atoms in total. The molecule has 2 unspecified atom stereocenters. The number of carbonyl (C=O) groups excluding carboxylic acids is 3. The van der Waals surface area contributed by atoms with Gasteiger partial charge < -0.3 is 33.5 Å². The van der Waals surface area contributed by atoms with E-state index in [0.717, 1.165) is 0 Å². The highest BCUT2D eigenvalue weighted by Gasteiger charge is 2.45. The highest BCUT2D eigenvalue weighted by atomic mass is 16.8. The molecule has 1 aromatic rings. The van der Waals surface area contributed by atoms with Crippen LogP contribution >= 0.6 is 0 Å². The van der Waals surface area contributed by atoms with Crippen molar-refractivity contribution in [3.8, 4) is 11.5 Å². The molecule has 0 fully saturated rings. The third kappa shape index (κ3) is 11.4. The van der Waals surface area contributed by atoms with Crippen molar-refractivity contribution in [3.63, 3.8) is 0 Å². The number of carboxylic acids is 1. The first kappa shape index (κ1) is 33.5. The van der Waals surface area contributed by atoms with E-state index < -0.39 is 42.7 Å². The number of carboxylic acid groups (broad SMARTS) is 1. The number of ether oxygens (including phenoxy) is 6. The van der Waals surface area contributed by atoms with Crippen LogP contribution in [0.1, 0.15) is 73.3 Å². The minimum atomic E-state index is -2.23. The van der Waals surface area contributed by atoms with Gasteiger partial charge in [-0.1, -0.05) is 40.7 Å². The fourth-order valence-corrected chi connectivity index (χ4v) is 2.98. The van der Waals surface area contributed by atoms with Gasteiger partial charge in [0.1, 0.15) is 6.10 Å². The Hall–Kier alpha value is -3.54. The Morgan fingerprint density at radius 1 is 0.872 bits per heavy atom. The summed E-state index contributed by atoms with van der Waals surface area (Å²) in [5.74, 6) is -1.87. The highest BCUT2D eigenvalue weighted by molar-refractivity contribution is 5.80. The Bertz CT molecular complexity index is 965. The molecular weight excluding hydrogens is 514 g/mol. The Morgan fingerprint density at radius 2 is 1.44 bits per heavy atom. The van der Waals surface area contributed by atoms with Gasteiger partial charge in [-0.3, -0.25) is 5.32 Å². The van der Waals surface area contributed by atoms with Gasteiger partial charge in [-0.25, -0.2) is 19.2 Å². The van der Waals surface area contributed by atoms with Gasteiger partial charge in [0, 0.05) is 12.5 Å². The van der Waals surface area contributed by atoms with Crippen LogP contribution in [0.2, 0.25) is 0 Å². The molecule has 12 heteroatoms. The van der Waals surface area contributed by atoms with Crippen molar-refractivity contribution in [2.24, 2.45) is 5.92 Å². The predicted molar refractivity (Wildman–Crippen MR) is 140 cm³/mol. The lowest BCUT2D eigenvalue weighted by Gasteiger charge is -2.33. The Kier molecular flexibility index (Phi) is 14.1. The molecule has 1 rings (SSSR count). The van der Waals surface area contributed by atoms with Crippen LogP contribution in [0.5, 0.6) is 11.5 Å². The Balaban J connectivity index is 3.41. The predicted octanol–water partition coefficient (Wildman–Crippen LogP) is 5.45. The molecule has 0 bridgehead atoms. The number of nitrogens with one attached hydrogen (secondary N) is 1. The minimum Gasteiger partial charge on any atom is -0.477 e. The van der Waals surface area contributed by atoms with Crippen molar-refractivity contribution in [2.75, 3.05) is 13.2 Å². The van der Waals surface area contributed by atoms with Crippen LogP contribution in [-0.4, -0.2) is 60.6 Å². The van der Waals surface area contributed by atoms with E-state index in [0.29, 0.717) is 19.3 Å². The summed E-state index contributed by atoms with van der Waals surface area (Å²) in [5, 5.41) is 13.1. The molecule has 0 aliphatic carbocycles. The second-order valence-electron chi connectivity index (χ2n) is 9.36. The summed E-state index contributed by atoms with van der Waals surface area (Å²) in [5.41, 5.74) is -1.96. The van der Waals surface area contributed by atoms with Crippen LogP contribution in [0, 0.1) is 5.92 Å². The highest BCUT2D eigenvalue weighted by Crippen LogP contribution is 2.31. The molecule has 39 heavy (non-hydrogen) atoms. The minimum absolute atomic E-state index is 0.0250. The third-order valence-electron chi connectivity index (χ3n) is 5.61. The van der Waals surface area contributed by atoms with E-state index >= 15 is 0 Å². The van der Waals surface area contributed by atoms with Crippen molar-refractivity contribution >= 4 is 24.4 Å². The quantitative estimate of drug-likeness (QED) is 0.122. The lowest BCUT2D eigenvalue weighted by atomic mass is 10.00. The van der Waals surface area contributed by atoms with E-state index in [1.807, 2.05) is 27.7 Å². The molecule has 0 saturated carbocycles. The zero-order chi connectivity index (χ0) is 29.6. The summed E-state index contributed by atoms with van der Waals surface area (Å²) < 4.78 is 30.9. The topological polar surface area (TPSA) is 156 Å². The van der Waals surface area contributed by atoms with E-state index in [4.69, 9.17) is 28.4 Å². The lowest BCUT2D eigenvalue weighted by molar-refractivity contribution is -0.168. The molecule has 0 aromatic heterocycles. The first-order valence-electron chi connectivity index (χ1n) is 13.1. The van der Waals surface area contributed by atoms with Crippen molar-refractivity contribution in [1.82, 2.24) is 5.32 Å². The molecule has 3 atom stereocenters. The van der Waals surface area contributed by atoms with E-state index in [2.05, 4.69) is 5.32 Å². The van der Waals surface area contributed by atoms with Crippen LogP contribution in [0.25, 0.3) is 0 Å².